The van der Waals surface area contributed by atoms with Gasteiger partial charge in [-0.05, 0) is 56.3 Å². The minimum Gasteiger partial charge on any atom is -0.483 e. The van der Waals surface area contributed by atoms with Gasteiger partial charge < -0.3 is 15.4 Å². The van der Waals surface area contributed by atoms with E-state index in [0.29, 0.717) is 22.0 Å². The summed E-state index contributed by atoms with van der Waals surface area (Å²) in [6.07, 6.45) is 1.32. The van der Waals surface area contributed by atoms with Crippen LogP contribution < -0.4 is 20.8 Å². The molecule has 0 aromatic heterocycles. The fourth-order valence-corrected chi connectivity index (χ4v) is 2.67. The van der Waals surface area contributed by atoms with Crippen molar-refractivity contribution in [2.45, 2.75) is 19.9 Å². The minimum absolute atomic E-state index is 0.170. The Balaban J connectivity index is 1.97. The highest BCUT2D eigenvalue weighted by molar-refractivity contribution is 9.10. The molecule has 3 amide bonds. The van der Waals surface area contributed by atoms with Gasteiger partial charge in [-0.1, -0.05) is 27.5 Å². The topological polar surface area (TPSA) is 109 Å². The Bertz CT molecular complexity index is 948. The fraction of sp³-hybridized carbons (Fsp3) is 0.200. The summed E-state index contributed by atoms with van der Waals surface area (Å²) in [5, 5.41) is 9.49. The van der Waals surface area contributed by atoms with Crippen LogP contribution in [0.25, 0.3) is 0 Å². The zero-order chi connectivity index (χ0) is 22.1. The van der Waals surface area contributed by atoms with Crippen LogP contribution in [-0.2, 0) is 14.4 Å². The first-order valence-corrected chi connectivity index (χ1v) is 10.0. The predicted molar refractivity (Wildman–Crippen MR) is 119 cm³/mol. The lowest BCUT2D eigenvalue weighted by Crippen LogP contribution is -2.41. The van der Waals surface area contributed by atoms with E-state index in [1.807, 2.05) is 0 Å². The largest absolute Gasteiger partial charge is 0.483 e. The van der Waals surface area contributed by atoms with E-state index in [1.54, 1.807) is 56.3 Å². The molecule has 0 radical (unpaired) electrons. The number of hydrazone groups is 1. The van der Waals surface area contributed by atoms with Gasteiger partial charge in [-0.25, -0.2) is 5.43 Å². The van der Waals surface area contributed by atoms with E-state index in [4.69, 9.17) is 16.3 Å². The first-order valence-electron chi connectivity index (χ1n) is 8.86. The molecule has 0 saturated carbocycles. The normalized spacial score (nSPS) is 10.7. The molecule has 0 spiro atoms. The van der Waals surface area contributed by atoms with Crippen LogP contribution in [-0.4, -0.2) is 36.6 Å². The molecule has 0 aliphatic carbocycles. The highest BCUT2D eigenvalue weighted by atomic mass is 79.9. The summed E-state index contributed by atoms with van der Waals surface area (Å²) in [7, 11) is 0. The molecule has 0 aliphatic rings. The van der Waals surface area contributed by atoms with Crippen molar-refractivity contribution in [3.8, 4) is 5.75 Å². The van der Waals surface area contributed by atoms with Crippen molar-refractivity contribution in [3.63, 3.8) is 0 Å². The molecule has 2 aromatic rings. The summed E-state index contributed by atoms with van der Waals surface area (Å²) in [6.45, 7) is 3.24. The van der Waals surface area contributed by atoms with Gasteiger partial charge in [0, 0.05) is 26.8 Å². The molecule has 2 rings (SSSR count). The minimum atomic E-state index is -0.889. The summed E-state index contributed by atoms with van der Waals surface area (Å²) < 4.78 is 6.31. The Morgan fingerprint density at radius 3 is 2.50 bits per heavy atom. The van der Waals surface area contributed by atoms with Gasteiger partial charge >= 0.3 is 11.8 Å². The van der Waals surface area contributed by atoms with Crippen LogP contribution >= 0.6 is 27.5 Å². The molecule has 0 heterocycles. The number of amides is 3. The van der Waals surface area contributed by atoms with E-state index in [1.165, 1.54) is 6.21 Å². The highest BCUT2D eigenvalue weighted by Crippen LogP contribution is 2.22. The zero-order valence-electron chi connectivity index (χ0n) is 16.2. The zero-order valence-corrected chi connectivity index (χ0v) is 18.6. The van der Waals surface area contributed by atoms with Crippen molar-refractivity contribution in [1.82, 2.24) is 10.7 Å². The number of rotatable bonds is 7. The third-order valence-electron chi connectivity index (χ3n) is 3.45. The number of halogens is 2. The van der Waals surface area contributed by atoms with Gasteiger partial charge in [-0.15, -0.1) is 0 Å². The van der Waals surface area contributed by atoms with Crippen molar-refractivity contribution in [2.75, 3.05) is 11.9 Å². The van der Waals surface area contributed by atoms with Gasteiger partial charge in [0.05, 0.1) is 6.21 Å². The standard InChI is InChI=1S/C20H20BrClN4O4/c1-12(2)24-19(28)20(29)26-23-10-13-9-14(21)3-8-17(13)30-11-18(27)25-16-6-4-15(22)5-7-16/h3-10,12H,11H2,1-2H3,(H,24,28)(H,25,27)(H,26,29)/b23-10-. The van der Waals surface area contributed by atoms with E-state index in [9.17, 15) is 14.4 Å². The van der Waals surface area contributed by atoms with Crippen LogP contribution in [0.3, 0.4) is 0 Å². The smallest absolute Gasteiger partial charge is 0.329 e. The number of hydrogen-bond donors (Lipinski definition) is 3. The Morgan fingerprint density at radius 2 is 1.83 bits per heavy atom. The maximum absolute atomic E-state index is 12.1. The number of ether oxygens (including phenoxy) is 1. The molecule has 158 valence electrons. The second-order valence-corrected chi connectivity index (χ2v) is 7.71. The summed E-state index contributed by atoms with van der Waals surface area (Å²) in [5.74, 6) is -1.66. The van der Waals surface area contributed by atoms with Gasteiger partial charge in [0.15, 0.2) is 6.61 Å². The quantitative estimate of drug-likeness (QED) is 0.311. The molecule has 10 heteroatoms. The number of nitrogens with one attached hydrogen (secondary N) is 3. The number of carbonyl (C=O) groups excluding carboxylic acids is 3. The van der Waals surface area contributed by atoms with Crippen LogP contribution in [0, 0.1) is 0 Å². The van der Waals surface area contributed by atoms with Crippen LogP contribution in [0.2, 0.25) is 5.02 Å². The molecule has 0 saturated heterocycles. The Labute approximate surface area is 187 Å². The molecule has 30 heavy (non-hydrogen) atoms. The lowest BCUT2D eigenvalue weighted by atomic mass is 10.2. The second kappa shape index (κ2) is 11.3. The predicted octanol–water partition coefficient (Wildman–Crippen LogP) is 3.09. The van der Waals surface area contributed by atoms with E-state index >= 15 is 0 Å². The van der Waals surface area contributed by atoms with Crippen molar-refractivity contribution >= 4 is 57.2 Å². The van der Waals surface area contributed by atoms with Crippen LogP contribution in [0.1, 0.15) is 19.4 Å². The summed E-state index contributed by atoms with van der Waals surface area (Å²) in [4.78, 5) is 35.4. The first-order chi connectivity index (χ1) is 14.2. The summed E-state index contributed by atoms with van der Waals surface area (Å²) in [6, 6.07) is 11.6. The van der Waals surface area contributed by atoms with Crippen molar-refractivity contribution in [3.05, 3.63) is 57.5 Å². The molecule has 8 nitrogen and oxygen atoms in total. The van der Waals surface area contributed by atoms with Crippen LogP contribution in [0.5, 0.6) is 5.75 Å². The lowest BCUT2D eigenvalue weighted by Gasteiger charge is -2.10. The van der Waals surface area contributed by atoms with Crippen molar-refractivity contribution in [1.29, 1.82) is 0 Å². The molecule has 0 fully saturated rings. The molecule has 0 bridgehead atoms. The molecular weight excluding hydrogens is 476 g/mol. The second-order valence-electron chi connectivity index (χ2n) is 6.35. The SMILES string of the molecule is CC(C)NC(=O)C(=O)N/N=C\c1cc(Br)ccc1OCC(=O)Nc1ccc(Cl)cc1. The van der Waals surface area contributed by atoms with Gasteiger partial charge in [-0.3, -0.25) is 14.4 Å². The van der Waals surface area contributed by atoms with Gasteiger partial charge in [0.1, 0.15) is 5.75 Å². The maximum atomic E-state index is 12.1. The Morgan fingerprint density at radius 1 is 1.13 bits per heavy atom. The van der Waals surface area contributed by atoms with Gasteiger partial charge in [-0.2, -0.15) is 5.10 Å². The summed E-state index contributed by atoms with van der Waals surface area (Å²) >= 11 is 9.16. The number of carbonyl (C=O) groups is 3. The van der Waals surface area contributed by atoms with Crippen LogP contribution in [0.4, 0.5) is 5.69 Å². The Kier molecular flexibility index (Phi) is 8.82. The average molecular weight is 496 g/mol. The number of benzene rings is 2. The van der Waals surface area contributed by atoms with Crippen molar-refractivity contribution in [2.24, 2.45) is 5.10 Å². The number of hydrogen-bond acceptors (Lipinski definition) is 5. The average Bonchev–Trinajstić information content (AvgIpc) is 2.68. The van der Waals surface area contributed by atoms with E-state index < -0.39 is 11.8 Å². The van der Waals surface area contributed by atoms with E-state index in [2.05, 4.69) is 37.1 Å². The van der Waals surface area contributed by atoms with Crippen LogP contribution in [0.15, 0.2) is 52.0 Å². The third-order valence-corrected chi connectivity index (χ3v) is 4.20. The summed E-state index contributed by atoms with van der Waals surface area (Å²) in [5.41, 5.74) is 3.23. The van der Waals surface area contributed by atoms with Crippen molar-refractivity contribution < 1.29 is 19.1 Å². The molecule has 0 unspecified atom stereocenters. The number of anilines is 1. The molecule has 0 aliphatic heterocycles. The Hall–Kier alpha value is -2.91. The van der Waals surface area contributed by atoms with E-state index in [-0.39, 0.29) is 18.6 Å². The molecule has 3 N–H and O–H groups in total. The first kappa shape index (κ1) is 23.4. The van der Waals surface area contributed by atoms with Gasteiger partial charge in [0.25, 0.3) is 5.91 Å². The third kappa shape index (κ3) is 7.84. The molecule has 0 atom stereocenters. The molecule has 2 aromatic carbocycles. The maximum Gasteiger partial charge on any atom is 0.329 e. The lowest BCUT2D eigenvalue weighted by molar-refractivity contribution is -0.139. The fourth-order valence-electron chi connectivity index (χ4n) is 2.16. The molecular formula is C20H20BrClN4O4. The van der Waals surface area contributed by atoms with Gasteiger partial charge in [0.2, 0.25) is 0 Å². The highest BCUT2D eigenvalue weighted by Gasteiger charge is 2.13. The monoisotopic (exact) mass is 494 g/mol. The number of nitrogens with zero attached hydrogens (tertiary/aromatic N) is 1. The van der Waals surface area contributed by atoms with E-state index in [0.717, 1.165) is 4.47 Å².